The monoisotopic (exact) mass is 334 g/mol. The maximum absolute atomic E-state index is 11.9. The Kier molecular flexibility index (Phi) is 8.30. The van der Waals surface area contributed by atoms with Crippen LogP contribution < -0.4 is 10.6 Å². The zero-order valence-electron chi connectivity index (χ0n) is 15.3. The van der Waals surface area contributed by atoms with E-state index < -0.39 is 11.7 Å². The van der Waals surface area contributed by atoms with Crippen molar-refractivity contribution in [2.24, 2.45) is 0 Å². The molecule has 0 bridgehead atoms. The van der Waals surface area contributed by atoms with Gasteiger partial charge in [0.15, 0.2) is 0 Å². The molecule has 0 atom stereocenters. The number of carbonyl (C=O) groups excluding carboxylic acids is 2. The summed E-state index contributed by atoms with van der Waals surface area (Å²) in [6.45, 7) is 8.03. The van der Waals surface area contributed by atoms with Crippen LogP contribution in [0.4, 0.5) is 10.5 Å². The zero-order chi connectivity index (χ0) is 18.0. The Morgan fingerprint density at radius 3 is 2.33 bits per heavy atom. The Bertz CT molecular complexity index is 518. The molecule has 0 spiro atoms. The number of rotatable bonds is 8. The Hall–Kier alpha value is -2.04. The average Bonchev–Trinajstić information content (AvgIpc) is 2.49. The fourth-order valence-electron chi connectivity index (χ4n) is 2.11. The predicted molar refractivity (Wildman–Crippen MR) is 97.2 cm³/mol. The molecule has 1 aromatic carbocycles. The molecule has 2 N–H and O–H groups in total. The Labute approximate surface area is 145 Å². The number of anilines is 1. The molecule has 0 fully saturated rings. The van der Waals surface area contributed by atoms with E-state index in [9.17, 15) is 9.59 Å². The van der Waals surface area contributed by atoms with Crippen LogP contribution in [0.25, 0.3) is 0 Å². The number of carbonyl (C=O) groups is 2. The van der Waals surface area contributed by atoms with Crippen LogP contribution in [-0.4, -0.2) is 24.1 Å². The van der Waals surface area contributed by atoms with Crippen LogP contribution in [0.15, 0.2) is 24.3 Å². The van der Waals surface area contributed by atoms with Crippen molar-refractivity contribution in [3.8, 4) is 0 Å². The highest BCUT2D eigenvalue weighted by Crippen LogP contribution is 2.12. The first kappa shape index (κ1) is 20.0. The Morgan fingerprint density at radius 2 is 1.75 bits per heavy atom. The van der Waals surface area contributed by atoms with E-state index in [-0.39, 0.29) is 5.91 Å². The molecule has 2 amide bonds. The minimum absolute atomic E-state index is 0.0534. The minimum atomic E-state index is -0.509. The molecular formula is C19H30N2O3. The smallest absolute Gasteiger partial charge is 0.407 e. The number of hydrogen-bond donors (Lipinski definition) is 2. The molecule has 0 saturated heterocycles. The minimum Gasteiger partial charge on any atom is -0.444 e. The molecule has 0 aliphatic rings. The second-order valence-corrected chi connectivity index (χ2v) is 6.88. The van der Waals surface area contributed by atoms with Gasteiger partial charge in [-0.25, -0.2) is 4.79 Å². The van der Waals surface area contributed by atoms with Gasteiger partial charge in [-0.15, -0.1) is 0 Å². The first-order chi connectivity index (χ1) is 11.3. The summed E-state index contributed by atoms with van der Waals surface area (Å²) < 4.78 is 5.13. The van der Waals surface area contributed by atoms with Gasteiger partial charge < -0.3 is 15.4 Å². The molecule has 0 radical (unpaired) electrons. The molecular weight excluding hydrogens is 304 g/mol. The molecule has 1 rings (SSSR count). The summed E-state index contributed by atoms with van der Waals surface area (Å²) in [6, 6.07) is 7.97. The van der Waals surface area contributed by atoms with Crippen LogP contribution in [0.1, 0.15) is 58.9 Å². The van der Waals surface area contributed by atoms with E-state index in [1.807, 2.05) is 32.9 Å². The van der Waals surface area contributed by atoms with Crippen molar-refractivity contribution in [3.63, 3.8) is 0 Å². The number of unbranched alkanes of at least 4 members (excludes halogenated alkanes) is 1. The number of benzene rings is 1. The van der Waals surface area contributed by atoms with Crippen LogP contribution in [-0.2, 0) is 16.0 Å². The van der Waals surface area contributed by atoms with Crippen molar-refractivity contribution in [2.75, 3.05) is 11.9 Å². The molecule has 0 aliphatic carbocycles. The van der Waals surface area contributed by atoms with Crippen LogP contribution >= 0.6 is 0 Å². The Morgan fingerprint density at radius 1 is 1.08 bits per heavy atom. The third kappa shape index (κ3) is 9.18. The fourth-order valence-corrected chi connectivity index (χ4v) is 2.11. The molecule has 0 aromatic heterocycles. The number of nitrogens with one attached hydrogen (secondary N) is 2. The largest absolute Gasteiger partial charge is 0.444 e. The summed E-state index contributed by atoms with van der Waals surface area (Å²) in [4.78, 5) is 23.4. The van der Waals surface area contributed by atoms with Gasteiger partial charge in [-0.3, -0.25) is 4.79 Å². The lowest BCUT2D eigenvalue weighted by atomic mass is 10.1. The number of alkyl carbamates (subject to hydrolysis) is 1. The standard InChI is InChI=1S/C19H30N2O3/c1-5-6-8-15-10-12-16(13-11-15)21-17(22)9-7-14-20-18(23)24-19(2,3)4/h10-13H,5-9,14H2,1-4H3,(H,20,23)(H,21,22). The molecule has 0 heterocycles. The van der Waals surface area contributed by atoms with Crippen molar-refractivity contribution < 1.29 is 14.3 Å². The molecule has 0 unspecified atom stereocenters. The van der Waals surface area contributed by atoms with E-state index in [1.54, 1.807) is 0 Å². The molecule has 1 aromatic rings. The lowest BCUT2D eigenvalue weighted by Crippen LogP contribution is -2.33. The van der Waals surface area contributed by atoms with E-state index in [0.717, 1.165) is 12.1 Å². The lowest BCUT2D eigenvalue weighted by molar-refractivity contribution is -0.116. The van der Waals surface area contributed by atoms with Crippen LogP contribution in [0.3, 0.4) is 0 Å². The van der Waals surface area contributed by atoms with E-state index in [2.05, 4.69) is 29.7 Å². The van der Waals surface area contributed by atoms with Crippen molar-refractivity contribution in [3.05, 3.63) is 29.8 Å². The first-order valence-electron chi connectivity index (χ1n) is 8.66. The predicted octanol–water partition coefficient (Wildman–Crippen LogP) is 4.27. The van der Waals surface area contributed by atoms with Crippen LogP contribution in [0, 0.1) is 0 Å². The van der Waals surface area contributed by atoms with Gasteiger partial charge in [-0.05, 0) is 57.7 Å². The topological polar surface area (TPSA) is 67.4 Å². The van der Waals surface area contributed by atoms with Gasteiger partial charge in [0.25, 0.3) is 0 Å². The van der Waals surface area contributed by atoms with Gasteiger partial charge >= 0.3 is 6.09 Å². The van der Waals surface area contributed by atoms with Crippen molar-refractivity contribution in [2.45, 2.75) is 65.4 Å². The van der Waals surface area contributed by atoms with Crippen LogP contribution in [0.2, 0.25) is 0 Å². The molecule has 0 aliphatic heterocycles. The highest BCUT2D eigenvalue weighted by molar-refractivity contribution is 5.90. The molecule has 5 nitrogen and oxygen atoms in total. The highest BCUT2D eigenvalue weighted by Gasteiger charge is 2.15. The second kappa shape index (κ2) is 9.96. The van der Waals surface area contributed by atoms with E-state index in [0.29, 0.717) is 19.4 Å². The molecule has 24 heavy (non-hydrogen) atoms. The third-order valence-electron chi connectivity index (χ3n) is 3.31. The van der Waals surface area contributed by atoms with Gasteiger partial charge in [-0.1, -0.05) is 25.5 Å². The van der Waals surface area contributed by atoms with E-state index in [1.165, 1.54) is 18.4 Å². The first-order valence-corrected chi connectivity index (χ1v) is 8.66. The number of ether oxygens (including phenoxy) is 1. The SMILES string of the molecule is CCCCc1ccc(NC(=O)CCCNC(=O)OC(C)(C)C)cc1. The summed E-state index contributed by atoms with van der Waals surface area (Å²) in [6.07, 6.45) is 3.89. The van der Waals surface area contributed by atoms with Gasteiger partial charge in [0.1, 0.15) is 5.60 Å². The lowest BCUT2D eigenvalue weighted by Gasteiger charge is -2.19. The molecule has 5 heteroatoms. The summed E-state index contributed by atoms with van der Waals surface area (Å²) in [5, 5.41) is 5.51. The van der Waals surface area contributed by atoms with E-state index >= 15 is 0 Å². The van der Waals surface area contributed by atoms with E-state index in [4.69, 9.17) is 4.74 Å². The van der Waals surface area contributed by atoms with Gasteiger partial charge in [0, 0.05) is 18.7 Å². The maximum Gasteiger partial charge on any atom is 0.407 e. The highest BCUT2D eigenvalue weighted by atomic mass is 16.6. The van der Waals surface area contributed by atoms with Gasteiger partial charge in [0.2, 0.25) is 5.91 Å². The van der Waals surface area contributed by atoms with Crippen molar-refractivity contribution in [1.82, 2.24) is 5.32 Å². The number of hydrogen-bond acceptors (Lipinski definition) is 3. The number of aryl methyl sites for hydroxylation is 1. The van der Waals surface area contributed by atoms with Crippen molar-refractivity contribution >= 4 is 17.7 Å². The van der Waals surface area contributed by atoms with Gasteiger partial charge in [0.05, 0.1) is 0 Å². The summed E-state index contributed by atoms with van der Waals surface area (Å²) in [5.41, 5.74) is 1.59. The summed E-state index contributed by atoms with van der Waals surface area (Å²) >= 11 is 0. The average molecular weight is 334 g/mol. The van der Waals surface area contributed by atoms with Gasteiger partial charge in [-0.2, -0.15) is 0 Å². The number of amides is 2. The third-order valence-corrected chi connectivity index (χ3v) is 3.31. The second-order valence-electron chi connectivity index (χ2n) is 6.88. The summed E-state index contributed by atoms with van der Waals surface area (Å²) in [5.74, 6) is -0.0534. The normalized spacial score (nSPS) is 11.0. The maximum atomic E-state index is 11.9. The Balaban J connectivity index is 2.23. The van der Waals surface area contributed by atoms with Crippen molar-refractivity contribution in [1.29, 1.82) is 0 Å². The van der Waals surface area contributed by atoms with Crippen LogP contribution in [0.5, 0.6) is 0 Å². The summed E-state index contributed by atoms with van der Waals surface area (Å²) in [7, 11) is 0. The zero-order valence-corrected chi connectivity index (χ0v) is 15.3. The molecule has 0 saturated carbocycles. The quantitative estimate of drug-likeness (QED) is 0.698. The fraction of sp³-hybridized carbons (Fsp3) is 0.579. The molecule has 134 valence electrons.